The molecule has 0 spiro atoms. The van der Waals surface area contributed by atoms with Crippen LogP contribution in [-0.2, 0) is 15.8 Å². The summed E-state index contributed by atoms with van der Waals surface area (Å²) in [6.07, 6.45) is 2.46. The number of nitrogen functional groups attached to an aromatic ring is 1. The van der Waals surface area contributed by atoms with E-state index < -0.39 is 7.52 Å². The Labute approximate surface area is 122 Å². The summed E-state index contributed by atoms with van der Waals surface area (Å²) >= 11 is 0. The molecule has 0 amide bonds. The van der Waals surface area contributed by atoms with Crippen LogP contribution in [0.25, 0.3) is 11.2 Å². The van der Waals surface area contributed by atoms with Crippen molar-refractivity contribution in [3.8, 4) is 0 Å². The second kappa shape index (κ2) is 6.07. The smallest absolute Gasteiger partial charge is 0.294 e. The summed E-state index contributed by atoms with van der Waals surface area (Å²) in [6, 6.07) is 0. The molecule has 9 nitrogen and oxygen atoms in total. The Balaban J connectivity index is 2.04. The van der Waals surface area contributed by atoms with Gasteiger partial charge in [-0.05, 0) is 21.0 Å². The number of aromatic nitrogens is 4. The van der Waals surface area contributed by atoms with Gasteiger partial charge in [0.15, 0.2) is 11.5 Å². The Kier molecular flexibility index (Phi) is 4.58. The Hall–Kier alpha value is -1.54. The van der Waals surface area contributed by atoms with E-state index >= 15 is 0 Å². The van der Waals surface area contributed by atoms with Gasteiger partial charge in [0, 0.05) is 0 Å². The first-order chi connectivity index (χ1) is 9.81. The van der Waals surface area contributed by atoms with E-state index in [0.717, 1.165) is 0 Å². The maximum atomic E-state index is 11.8. The van der Waals surface area contributed by atoms with Crippen LogP contribution in [0.3, 0.4) is 0 Å². The van der Waals surface area contributed by atoms with Crippen molar-refractivity contribution in [1.82, 2.24) is 24.2 Å². The highest BCUT2D eigenvalue weighted by Gasteiger charge is 2.23. The monoisotopic (exact) mass is 314 g/mol. The summed E-state index contributed by atoms with van der Waals surface area (Å²) in [6.45, 7) is 2.26. The number of hydrogen-bond donors (Lipinski definition) is 2. The number of imidazole rings is 1. The van der Waals surface area contributed by atoms with Crippen LogP contribution in [0.15, 0.2) is 12.7 Å². The predicted molar refractivity (Wildman–Crippen MR) is 78.7 cm³/mol. The van der Waals surface area contributed by atoms with Gasteiger partial charge in [0.1, 0.15) is 18.2 Å². The molecule has 0 aliphatic rings. The zero-order chi connectivity index (χ0) is 15.6. The van der Waals surface area contributed by atoms with Crippen molar-refractivity contribution in [3.63, 3.8) is 0 Å². The molecule has 0 fully saturated rings. The Bertz CT molecular complexity index is 673. The van der Waals surface area contributed by atoms with E-state index in [1.807, 2.05) is 6.92 Å². The minimum atomic E-state index is -3.42. The molecule has 0 radical (unpaired) electrons. The average molecular weight is 314 g/mol. The largest absolute Gasteiger partial charge is 0.382 e. The number of anilines is 1. The molecule has 2 atom stereocenters. The summed E-state index contributed by atoms with van der Waals surface area (Å²) in [5, 5.41) is 0. The van der Waals surface area contributed by atoms with E-state index in [0.29, 0.717) is 23.5 Å². The Morgan fingerprint density at radius 3 is 2.86 bits per heavy atom. The molecular formula is C11H19N6O3P. The first-order valence-corrected chi connectivity index (χ1v) is 8.13. The Morgan fingerprint density at radius 1 is 1.48 bits per heavy atom. The molecule has 2 rings (SSSR count). The van der Waals surface area contributed by atoms with Crippen LogP contribution < -0.4 is 5.73 Å². The van der Waals surface area contributed by atoms with Crippen molar-refractivity contribution >= 4 is 24.5 Å². The fourth-order valence-corrected chi connectivity index (χ4v) is 2.38. The van der Waals surface area contributed by atoms with Gasteiger partial charge in [-0.3, -0.25) is 4.57 Å². The molecule has 0 aliphatic carbocycles. The molecule has 0 saturated heterocycles. The lowest BCUT2D eigenvalue weighted by Crippen LogP contribution is -2.20. The van der Waals surface area contributed by atoms with Crippen molar-refractivity contribution in [3.05, 3.63) is 12.7 Å². The second-order valence-corrected chi connectivity index (χ2v) is 7.33. The fourth-order valence-electron chi connectivity index (χ4n) is 1.70. The highest BCUT2D eigenvalue weighted by molar-refractivity contribution is 7.55. The van der Waals surface area contributed by atoms with Crippen molar-refractivity contribution in [1.29, 1.82) is 0 Å². The molecule has 21 heavy (non-hydrogen) atoms. The quantitative estimate of drug-likeness (QED) is 0.740. The zero-order valence-corrected chi connectivity index (χ0v) is 13.1. The summed E-state index contributed by atoms with van der Waals surface area (Å²) in [7, 11) is -0.345. The predicted octanol–water partition coefficient (Wildman–Crippen LogP) is 0.518. The maximum absolute atomic E-state index is 11.8. The highest BCUT2D eigenvalue weighted by atomic mass is 31.2. The molecule has 3 N–H and O–H groups in total. The zero-order valence-electron chi connectivity index (χ0n) is 12.2. The van der Waals surface area contributed by atoms with Gasteiger partial charge < -0.3 is 19.9 Å². The van der Waals surface area contributed by atoms with Gasteiger partial charge in [0.05, 0.1) is 19.0 Å². The third-order valence-electron chi connectivity index (χ3n) is 3.04. The normalized spacial score (nSPS) is 16.2. The van der Waals surface area contributed by atoms with E-state index in [4.69, 9.17) is 10.5 Å². The number of fused-ring (bicyclic) bond motifs is 1. The van der Waals surface area contributed by atoms with Crippen LogP contribution in [0.4, 0.5) is 5.82 Å². The molecule has 2 heterocycles. The number of hydrogen-bond acceptors (Lipinski definition) is 6. The standard InChI is InChI=1S/C11H19N6O3P/c1-8(20-7-21(18,19)16(2)3)4-17-6-15-9-10(12)13-5-14-11(9)17/h5-6,8H,4,7H2,1-3H3,(H,18,19)(H2,12,13,14)/t8-/m0/s1. The maximum Gasteiger partial charge on any atom is 0.294 e. The van der Waals surface area contributed by atoms with Gasteiger partial charge in [-0.15, -0.1) is 0 Å². The van der Waals surface area contributed by atoms with Crippen LogP contribution in [-0.4, -0.2) is 55.6 Å². The van der Waals surface area contributed by atoms with E-state index in [2.05, 4.69) is 15.0 Å². The summed E-state index contributed by atoms with van der Waals surface area (Å²) in [5.74, 6) is 0.319. The van der Waals surface area contributed by atoms with Gasteiger partial charge >= 0.3 is 0 Å². The van der Waals surface area contributed by atoms with Gasteiger partial charge in [0.25, 0.3) is 7.52 Å². The lowest BCUT2D eigenvalue weighted by atomic mass is 10.4. The third kappa shape index (κ3) is 3.56. The van der Waals surface area contributed by atoms with E-state index in [1.54, 1.807) is 10.9 Å². The van der Waals surface area contributed by atoms with Gasteiger partial charge in [-0.1, -0.05) is 0 Å². The lowest BCUT2D eigenvalue weighted by molar-refractivity contribution is 0.0792. The van der Waals surface area contributed by atoms with E-state index in [9.17, 15) is 9.46 Å². The highest BCUT2D eigenvalue weighted by Crippen LogP contribution is 2.42. The lowest BCUT2D eigenvalue weighted by Gasteiger charge is -2.21. The SMILES string of the molecule is C[C@@H](Cn1cnc2c(N)ncnc21)OCP(=O)(O)N(C)C. The first kappa shape index (κ1) is 15.8. The van der Waals surface area contributed by atoms with Crippen LogP contribution in [0.5, 0.6) is 0 Å². The number of rotatable bonds is 6. The van der Waals surface area contributed by atoms with Crippen molar-refractivity contribution in [2.75, 3.05) is 26.2 Å². The van der Waals surface area contributed by atoms with Crippen molar-refractivity contribution in [2.24, 2.45) is 0 Å². The molecule has 2 aromatic heterocycles. The van der Waals surface area contributed by atoms with Gasteiger partial charge in [0.2, 0.25) is 0 Å². The van der Waals surface area contributed by atoms with Crippen molar-refractivity contribution in [2.45, 2.75) is 19.6 Å². The molecule has 0 saturated carbocycles. The second-order valence-electron chi connectivity index (χ2n) is 4.95. The van der Waals surface area contributed by atoms with Gasteiger partial charge in [-0.2, -0.15) is 0 Å². The fraction of sp³-hybridized carbons (Fsp3) is 0.545. The van der Waals surface area contributed by atoms with E-state index in [1.165, 1.54) is 25.1 Å². The molecule has 0 bridgehead atoms. The summed E-state index contributed by atoms with van der Waals surface area (Å²) < 4.78 is 20.3. The van der Waals surface area contributed by atoms with Gasteiger partial charge in [-0.25, -0.2) is 19.6 Å². The third-order valence-corrected chi connectivity index (χ3v) is 4.77. The number of nitrogens with two attached hydrogens (primary N) is 1. The van der Waals surface area contributed by atoms with Crippen LogP contribution in [0.2, 0.25) is 0 Å². The summed E-state index contributed by atoms with van der Waals surface area (Å²) in [4.78, 5) is 21.8. The topological polar surface area (TPSA) is 119 Å². The first-order valence-electron chi connectivity index (χ1n) is 6.34. The molecule has 2 aromatic rings. The minimum Gasteiger partial charge on any atom is -0.382 e. The molecular weight excluding hydrogens is 295 g/mol. The molecule has 0 aliphatic heterocycles. The molecule has 1 unspecified atom stereocenters. The molecule has 10 heteroatoms. The van der Waals surface area contributed by atoms with Crippen LogP contribution >= 0.6 is 7.52 Å². The van der Waals surface area contributed by atoms with Crippen molar-refractivity contribution < 1.29 is 14.2 Å². The van der Waals surface area contributed by atoms with Crippen LogP contribution in [0.1, 0.15) is 6.92 Å². The number of ether oxygens (including phenoxy) is 1. The number of nitrogens with zero attached hydrogens (tertiary/aromatic N) is 5. The minimum absolute atomic E-state index is 0.231. The average Bonchev–Trinajstić information content (AvgIpc) is 2.81. The molecule has 0 aromatic carbocycles. The van der Waals surface area contributed by atoms with E-state index in [-0.39, 0.29) is 12.5 Å². The molecule has 116 valence electrons. The Morgan fingerprint density at radius 2 is 2.19 bits per heavy atom. The van der Waals surface area contributed by atoms with Crippen LogP contribution in [0, 0.1) is 0 Å². The summed E-state index contributed by atoms with van der Waals surface area (Å²) in [5.41, 5.74) is 6.86.